The van der Waals surface area contributed by atoms with E-state index in [1.165, 1.54) is 130 Å². The maximum Gasteiger partial charge on any atom is 0.373 e. The molecule has 7 rings (SSSR count). The summed E-state index contributed by atoms with van der Waals surface area (Å²) in [5, 5.41) is 36.3. The molecule has 0 fully saturated rings. The number of methoxy groups -OCH3 is 14. The van der Waals surface area contributed by atoms with Gasteiger partial charge >= 0.3 is 71.8 Å². The molecule has 0 aromatic heterocycles. The van der Waals surface area contributed by atoms with E-state index in [1.54, 1.807) is 75.4 Å². The highest BCUT2D eigenvalue weighted by atomic mass is 127. The molecule has 0 aliphatic carbocycles. The number of aliphatic carboxylic acids is 1. The Bertz CT molecular complexity index is 4660. The van der Waals surface area contributed by atoms with Gasteiger partial charge in [0.05, 0.1) is 131 Å². The summed E-state index contributed by atoms with van der Waals surface area (Å²) in [6.45, 7) is 5.07. The third-order valence-electron chi connectivity index (χ3n) is 14.4. The average molecular weight is 2290 g/mol. The summed E-state index contributed by atoms with van der Waals surface area (Å²) in [6.07, 6.45) is -0.0218. The van der Waals surface area contributed by atoms with Crippen molar-refractivity contribution < 1.29 is 149 Å². The number of aromatic hydroxyl groups is 2. The molecule has 4 N–H and O–H groups in total. The predicted octanol–water partition coefficient (Wildman–Crippen LogP) is 15.7. The van der Waals surface area contributed by atoms with Gasteiger partial charge < -0.3 is 86.7 Å². The van der Waals surface area contributed by atoms with E-state index in [2.05, 4.69) is 158 Å². The molecular formula is C75H75Br7I2O31. The summed E-state index contributed by atoms with van der Waals surface area (Å²) in [6, 6.07) is 24.1. The van der Waals surface area contributed by atoms with Crippen LogP contribution in [0.1, 0.15) is 121 Å². The standard InChI is InChI=1S/C14H17BrO5.C13H15BrO5.C12H13BrO5.C10H9BrO5.C9H8BrIO3.C8H6BrIO3.C8H7BrO3.CO2/c1-14(2,13(17)20-5)10-7-8(15)6-9(11(10)18-3)12(16)19-4;1-7(12(15)18-3)9-5-8(14)6-10(11(9)17-2)13(16)19-4;1-16-10(14)5-7-4-8(13)6-9(11(7)17-2)12(15)18-3;1-16-9-5(3-8(12)13)2-6(11)4-7(9)10(14)15;1-13-8-6(9(12)14-2)3-5(10)4-7(8)11;1-13-8(12)5-2-4(9)3-6(10)7(5)11;1-12-8(11)6-4-5(9)2-3-7(6)10;2-1-3/h6-7H,1-5H3;5-7H,1-4H3;4,6H,5H2,1-3H3;2,4H,3H2,1H3,(H,12,13)(H,14,15);3-4H,1-2H3;2-3,11H,1H3;2-4,10H,1H3;. The predicted molar refractivity (Wildman–Crippen MR) is 453 cm³/mol. The van der Waals surface area contributed by atoms with Crippen LogP contribution in [0.3, 0.4) is 0 Å². The van der Waals surface area contributed by atoms with Gasteiger partial charge in [0.2, 0.25) is 0 Å². The molecule has 0 bridgehead atoms. The Morgan fingerprint density at radius 3 is 1.13 bits per heavy atom. The van der Waals surface area contributed by atoms with Crippen LogP contribution < -0.4 is 23.7 Å². The molecule has 0 saturated heterocycles. The van der Waals surface area contributed by atoms with Crippen molar-refractivity contribution in [3.63, 3.8) is 0 Å². The summed E-state index contributed by atoms with van der Waals surface area (Å²) in [5.74, 6) is -5.68. The van der Waals surface area contributed by atoms with Crippen LogP contribution >= 0.6 is 157 Å². The minimum Gasteiger partial charge on any atom is -0.507 e. The van der Waals surface area contributed by atoms with Gasteiger partial charge in [0.1, 0.15) is 79.2 Å². The van der Waals surface area contributed by atoms with Gasteiger partial charge in [0, 0.05) is 53.6 Å². The number of phenolic OH excluding ortho intramolecular Hbond substituents is 2. The Labute approximate surface area is 745 Å². The summed E-state index contributed by atoms with van der Waals surface area (Å²) in [4.78, 5) is 141. The van der Waals surface area contributed by atoms with Gasteiger partial charge in [0.15, 0.2) is 0 Å². The van der Waals surface area contributed by atoms with Gasteiger partial charge in [-0.15, -0.1) is 0 Å². The number of hydrogen-bond acceptors (Lipinski definition) is 29. The molecule has 0 spiro atoms. The number of hydrogen-bond donors (Lipinski definition) is 4. The fourth-order valence-corrected chi connectivity index (χ4v) is 14.7. The summed E-state index contributed by atoms with van der Waals surface area (Å²) >= 11 is 26.8. The van der Waals surface area contributed by atoms with Crippen LogP contribution in [-0.2, 0) is 89.7 Å². The lowest BCUT2D eigenvalue weighted by Crippen LogP contribution is -2.31. The number of carbonyl (C=O) groups is 11. The van der Waals surface area contributed by atoms with Crippen LogP contribution in [0, 0.1) is 7.14 Å². The molecule has 0 aliphatic heterocycles. The zero-order valence-electron chi connectivity index (χ0n) is 63.9. The number of carboxylic acid groups (broad SMARTS) is 2. The Morgan fingerprint density at radius 2 is 0.730 bits per heavy atom. The maximum atomic E-state index is 12.0. The highest BCUT2D eigenvalue weighted by Gasteiger charge is 2.36. The highest BCUT2D eigenvalue weighted by Crippen LogP contribution is 2.40. The molecule has 0 saturated carbocycles. The van der Waals surface area contributed by atoms with Crippen molar-refractivity contribution in [2.45, 2.75) is 44.9 Å². The van der Waals surface area contributed by atoms with E-state index in [4.69, 9.17) is 62.4 Å². The molecular weight excluding hydrogens is 2210 g/mol. The van der Waals surface area contributed by atoms with Gasteiger partial charge in [-0.1, -0.05) is 112 Å². The molecule has 7 aromatic rings. The van der Waals surface area contributed by atoms with Gasteiger partial charge in [-0.25, -0.2) is 33.6 Å². The van der Waals surface area contributed by atoms with Crippen LogP contribution in [0.4, 0.5) is 0 Å². The van der Waals surface area contributed by atoms with Crippen molar-refractivity contribution in [3.05, 3.63) is 191 Å². The lowest BCUT2D eigenvalue weighted by Gasteiger charge is -2.25. The number of ether oxygens (including phenoxy) is 14. The molecule has 0 aliphatic rings. The van der Waals surface area contributed by atoms with E-state index in [0.717, 1.165) is 17.0 Å². The van der Waals surface area contributed by atoms with Gasteiger partial charge in [-0.05, 0) is 157 Å². The molecule has 1 atom stereocenters. The second-order valence-electron chi connectivity index (χ2n) is 21.8. The first-order chi connectivity index (χ1) is 53.9. The van der Waals surface area contributed by atoms with E-state index in [1.807, 2.05) is 28.7 Å². The minimum atomic E-state index is -1.16. The molecule has 0 heterocycles. The van der Waals surface area contributed by atoms with Gasteiger partial charge in [-0.3, -0.25) is 19.2 Å². The fourth-order valence-electron chi connectivity index (χ4n) is 9.13. The number of benzene rings is 7. The van der Waals surface area contributed by atoms with Crippen molar-refractivity contribution in [2.24, 2.45) is 0 Å². The monoisotopic (exact) mass is 2280 g/mol. The SMILES string of the molecule is COC(=O)Cc1cc(Br)cc(C(=O)OC)c1OC.COC(=O)c1cc(Br)cc(C(C)(C)C(=O)OC)c1OC.COC(=O)c1cc(Br)cc(C(C)C(=O)OC)c1OC.COC(=O)c1cc(Br)cc(I)c1O.COC(=O)c1cc(Br)cc(I)c1OC.COC(=O)c1cc(Br)ccc1O.COc1c(CC(=O)O)cc(Br)cc1C(=O)O.O=C=O. The second-order valence-corrected chi connectivity index (χ2v) is 30.6. The topological polar surface area (TPSA) is 432 Å². The first kappa shape index (κ1) is 107. The summed E-state index contributed by atoms with van der Waals surface area (Å²) in [5.41, 5.74) is 2.46. The Morgan fingerprint density at radius 1 is 0.391 bits per heavy atom. The highest BCUT2D eigenvalue weighted by molar-refractivity contribution is 14.1. The molecule has 31 nitrogen and oxygen atoms in total. The molecule has 0 amide bonds. The molecule has 624 valence electrons. The average Bonchev–Trinajstić information content (AvgIpc) is 0.725. The van der Waals surface area contributed by atoms with Crippen molar-refractivity contribution in [1.29, 1.82) is 0 Å². The Balaban J connectivity index is 0.00000132. The lowest BCUT2D eigenvalue weighted by molar-refractivity contribution is -0.192. The van der Waals surface area contributed by atoms with Crippen molar-refractivity contribution in [1.82, 2.24) is 0 Å². The van der Waals surface area contributed by atoms with Crippen molar-refractivity contribution in [2.75, 3.05) is 99.5 Å². The van der Waals surface area contributed by atoms with Crippen LogP contribution in [-0.4, -0.2) is 192 Å². The molecule has 1 unspecified atom stereocenters. The summed E-state index contributed by atoms with van der Waals surface area (Å²) < 4.78 is 73.8. The van der Waals surface area contributed by atoms with Crippen molar-refractivity contribution >= 4 is 229 Å². The number of aromatic carboxylic acids is 1. The number of phenols is 2. The number of esters is 9. The Kier molecular flexibility index (Phi) is 49.7. The zero-order valence-corrected chi connectivity index (χ0v) is 79.3. The van der Waals surface area contributed by atoms with Crippen LogP contribution in [0.15, 0.2) is 122 Å². The van der Waals surface area contributed by atoms with E-state index in [0.29, 0.717) is 72.3 Å². The number of carboxylic acids is 2. The normalized spacial score (nSPS) is 10.1. The quantitative estimate of drug-likeness (QED) is 0.0313. The molecule has 40 heteroatoms. The van der Waals surface area contributed by atoms with Crippen molar-refractivity contribution in [3.8, 4) is 40.2 Å². The van der Waals surface area contributed by atoms with E-state index >= 15 is 0 Å². The number of halogens is 9. The summed E-state index contributed by atoms with van der Waals surface area (Å²) in [7, 11) is 18.8. The third kappa shape index (κ3) is 33.2. The van der Waals surface area contributed by atoms with Gasteiger partial charge in [0.25, 0.3) is 0 Å². The zero-order chi connectivity index (χ0) is 88.6. The van der Waals surface area contributed by atoms with Crippen LogP contribution in [0.5, 0.6) is 40.2 Å². The van der Waals surface area contributed by atoms with E-state index in [9.17, 15) is 63.0 Å². The first-order valence-corrected chi connectivity index (χ1v) is 39.0. The largest absolute Gasteiger partial charge is 0.507 e. The third-order valence-corrected chi connectivity index (χ3v) is 19.2. The van der Waals surface area contributed by atoms with Crippen LogP contribution in [0.25, 0.3) is 0 Å². The molecule has 0 radical (unpaired) electrons. The first-order valence-electron chi connectivity index (χ1n) is 31.3. The molecule has 115 heavy (non-hydrogen) atoms. The van der Waals surface area contributed by atoms with E-state index < -0.39 is 77.0 Å². The second kappa shape index (κ2) is 53.7. The number of carbonyl (C=O) groups excluding carboxylic acids is 11. The molecule has 7 aromatic carbocycles. The minimum absolute atomic E-state index is 0.0170. The Hall–Kier alpha value is -8.49. The van der Waals surface area contributed by atoms with Crippen LogP contribution in [0.2, 0.25) is 0 Å². The smallest absolute Gasteiger partial charge is 0.373 e. The number of rotatable bonds is 20. The van der Waals surface area contributed by atoms with E-state index in [-0.39, 0.29) is 69.6 Å². The maximum absolute atomic E-state index is 12.0. The fraction of sp³-hybridized carbons (Fsp3) is 0.280. The lowest BCUT2D eigenvalue weighted by atomic mass is 9.83. The van der Waals surface area contributed by atoms with Gasteiger partial charge in [-0.2, -0.15) is 9.59 Å².